The van der Waals surface area contributed by atoms with Crippen molar-refractivity contribution in [3.05, 3.63) is 0 Å². The number of rotatable bonds is 3. The van der Waals surface area contributed by atoms with E-state index in [9.17, 15) is 4.79 Å². The Balaban J connectivity index is -0.0000000904. The topological polar surface area (TPSA) is 145 Å². The number of aliphatic hydroxyl groups excluding tert-OH is 2. The Morgan fingerprint density at radius 2 is 1.62 bits per heavy atom. The van der Waals surface area contributed by atoms with Crippen LogP contribution >= 0.6 is 7.82 Å². The van der Waals surface area contributed by atoms with Crippen LogP contribution in [0.25, 0.3) is 0 Å². The van der Waals surface area contributed by atoms with Crippen LogP contribution in [0.5, 0.6) is 0 Å². The zero-order valence-electron chi connectivity index (χ0n) is 7.40. The second kappa shape index (κ2) is 15.1. The van der Waals surface area contributed by atoms with Gasteiger partial charge in [-0.05, 0) is 0 Å². The van der Waals surface area contributed by atoms with Gasteiger partial charge in [-0.2, -0.15) is 0 Å². The molecule has 0 aliphatic rings. The summed E-state index contributed by atoms with van der Waals surface area (Å²) in [6.07, 6.45) is -0.950. The van der Waals surface area contributed by atoms with Gasteiger partial charge < -0.3 is 29.6 Å². The van der Waals surface area contributed by atoms with Crippen LogP contribution in [0.15, 0.2) is 0 Å². The summed E-state index contributed by atoms with van der Waals surface area (Å²) in [4.78, 5) is 31.6. The zero-order valence-corrected chi connectivity index (χ0v) is 8.29. The molecule has 5 N–H and O–H groups in total. The molecule has 1 unspecified atom stereocenters. The van der Waals surface area contributed by atoms with Gasteiger partial charge in [-0.1, -0.05) is 0 Å². The Morgan fingerprint density at radius 1 is 1.31 bits per heavy atom. The summed E-state index contributed by atoms with van der Waals surface area (Å²) in [5, 5.41) is 16.8. The molecule has 0 aromatic heterocycles. The van der Waals surface area contributed by atoms with E-state index in [1.165, 1.54) is 6.92 Å². The van der Waals surface area contributed by atoms with Gasteiger partial charge in [-0.15, -0.1) is 0 Å². The third-order valence-corrected chi connectivity index (χ3v) is 0.690. The molecule has 0 aliphatic carbocycles. The maximum absolute atomic E-state index is 10.0. The SMILES string of the molecule is CC(=O)OCC(O)CO.O=P(O)(O)O.[CaH2].[CaH2]. The first-order valence-electron chi connectivity index (χ1n) is 3.37. The van der Waals surface area contributed by atoms with E-state index in [1.807, 2.05) is 0 Å². The minimum absolute atomic E-state index is 0. The second-order valence-electron chi connectivity index (χ2n) is 2.15. The maximum atomic E-state index is 10.0. The van der Waals surface area contributed by atoms with Gasteiger partial charge in [0, 0.05) is 6.92 Å². The van der Waals surface area contributed by atoms with Gasteiger partial charge in [0.15, 0.2) is 0 Å². The van der Waals surface area contributed by atoms with E-state index in [2.05, 4.69) is 4.74 Å². The number of hydrogen-bond donors (Lipinski definition) is 5. The van der Waals surface area contributed by atoms with Gasteiger partial charge in [0.2, 0.25) is 0 Å². The van der Waals surface area contributed by atoms with Crippen molar-refractivity contribution in [2.45, 2.75) is 13.0 Å². The van der Waals surface area contributed by atoms with Crippen LogP contribution in [0, 0.1) is 0 Å². The van der Waals surface area contributed by atoms with E-state index < -0.39 is 19.9 Å². The fourth-order valence-electron chi connectivity index (χ4n) is 0.266. The number of carbonyl (C=O) groups is 1. The van der Waals surface area contributed by atoms with Crippen molar-refractivity contribution in [3.63, 3.8) is 0 Å². The molecular formula is C5H17Ca2O8P. The Hall–Kier alpha value is 2.02. The van der Waals surface area contributed by atoms with Gasteiger partial charge in [-0.3, -0.25) is 4.79 Å². The number of ether oxygens (including phenoxy) is 1. The zero-order chi connectivity index (χ0) is 11.8. The summed E-state index contributed by atoms with van der Waals surface area (Å²) in [5.74, 6) is -0.456. The second-order valence-corrected chi connectivity index (χ2v) is 3.18. The van der Waals surface area contributed by atoms with Crippen molar-refractivity contribution in [3.8, 4) is 0 Å². The van der Waals surface area contributed by atoms with Crippen LogP contribution in [-0.2, 0) is 14.1 Å². The summed E-state index contributed by atoms with van der Waals surface area (Å²) in [5.41, 5.74) is 0. The van der Waals surface area contributed by atoms with E-state index in [-0.39, 0.29) is 88.7 Å². The Labute approximate surface area is 152 Å². The van der Waals surface area contributed by atoms with Crippen LogP contribution in [0.4, 0.5) is 0 Å². The molecule has 1 atom stereocenters. The van der Waals surface area contributed by atoms with E-state index in [0.717, 1.165) is 0 Å². The van der Waals surface area contributed by atoms with Crippen molar-refractivity contribution in [2.75, 3.05) is 13.2 Å². The van der Waals surface area contributed by atoms with Crippen LogP contribution < -0.4 is 0 Å². The van der Waals surface area contributed by atoms with E-state index in [0.29, 0.717) is 0 Å². The molecule has 0 saturated carbocycles. The van der Waals surface area contributed by atoms with Crippen LogP contribution in [0.1, 0.15) is 6.92 Å². The van der Waals surface area contributed by atoms with E-state index >= 15 is 0 Å². The van der Waals surface area contributed by atoms with Crippen LogP contribution in [0.3, 0.4) is 0 Å². The van der Waals surface area contributed by atoms with E-state index in [4.69, 9.17) is 29.5 Å². The number of phosphoric acid groups is 1. The Morgan fingerprint density at radius 3 is 1.81 bits per heavy atom. The molecule has 0 heterocycles. The molecule has 8 nitrogen and oxygen atoms in total. The van der Waals surface area contributed by atoms with Crippen molar-refractivity contribution in [2.24, 2.45) is 0 Å². The summed E-state index contributed by atoms with van der Waals surface area (Å²) in [6, 6.07) is 0. The van der Waals surface area contributed by atoms with Crippen molar-refractivity contribution < 1.29 is 39.0 Å². The molecule has 0 aliphatic heterocycles. The Bertz CT molecular complexity index is 198. The van der Waals surface area contributed by atoms with Crippen molar-refractivity contribution in [1.29, 1.82) is 0 Å². The van der Waals surface area contributed by atoms with E-state index in [1.54, 1.807) is 0 Å². The first-order valence-corrected chi connectivity index (χ1v) is 4.94. The van der Waals surface area contributed by atoms with Gasteiger partial charge in [-0.25, -0.2) is 4.57 Å². The molecule has 0 rings (SSSR count). The summed E-state index contributed by atoms with van der Waals surface area (Å²) in [6.45, 7) is 0.725. The first-order chi connectivity index (χ1) is 6.16. The standard InChI is InChI=1S/C5H10O4.2Ca.H3O4P.4H/c1-4(7)9-3-5(8)2-6;;;1-5(2,3)4;;;;/h5-6,8H,2-3H2,1H3;;;(H3,1,2,3,4);;;;. The number of hydrogen-bond acceptors (Lipinski definition) is 5. The van der Waals surface area contributed by atoms with Gasteiger partial charge >= 0.3 is 89.3 Å². The average Bonchev–Trinajstić information content (AvgIpc) is 1.96. The fraction of sp³-hybridized carbons (Fsp3) is 0.800. The number of aliphatic hydroxyl groups is 2. The molecule has 11 heteroatoms. The number of carbonyl (C=O) groups excluding carboxylic acids is 1. The quantitative estimate of drug-likeness (QED) is 0.202. The summed E-state index contributed by atoms with van der Waals surface area (Å²) >= 11 is 0. The molecule has 0 fully saturated rings. The Kier molecular flexibility index (Phi) is 25.0. The molecular weight excluding hydrogens is 299 g/mol. The van der Waals surface area contributed by atoms with Gasteiger partial charge in [0.1, 0.15) is 12.7 Å². The minimum atomic E-state index is -4.64. The molecule has 0 spiro atoms. The third kappa shape index (κ3) is 44.4. The summed E-state index contributed by atoms with van der Waals surface area (Å²) < 4.78 is 13.2. The molecule has 0 aromatic carbocycles. The molecule has 16 heavy (non-hydrogen) atoms. The predicted molar refractivity (Wildman–Crippen MR) is 61.1 cm³/mol. The van der Waals surface area contributed by atoms with Crippen LogP contribution in [-0.4, -0.2) is 126 Å². The molecule has 0 amide bonds. The molecule has 0 saturated heterocycles. The number of esters is 1. The van der Waals surface area contributed by atoms with Crippen molar-refractivity contribution >= 4 is 89.3 Å². The molecule has 0 radical (unpaired) electrons. The fourth-order valence-corrected chi connectivity index (χ4v) is 0.266. The normalized spacial score (nSPS) is 10.9. The van der Waals surface area contributed by atoms with Gasteiger partial charge in [0.05, 0.1) is 6.61 Å². The molecule has 94 valence electrons. The monoisotopic (exact) mass is 316 g/mol. The summed E-state index contributed by atoms with van der Waals surface area (Å²) in [7, 11) is -4.64. The molecule has 0 bridgehead atoms. The van der Waals surface area contributed by atoms with Crippen molar-refractivity contribution in [1.82, 2.24) is 0 Å². The predicted octanol–water partition coefficient (Wildman–Crippen LogP) is -3.86. The molecule has 0 aromatic rings. The van der Waals surface area contributed by atoms with Crippen LogP contribution in [0.2, 0.25) is 0 Å². The first kappa shape index (κ1) is 26.6. The van der Waals surface area contributed by atoms with Gasteiger partial charge in [0.25, 0.3) is 0 Å². The average molecular weight is 316 g/mol. The third-order valence-electron chi connectivity index (χ3n) is 0.690.